The van der Waals surface area contributed by atoms with E-state index in [4.69, 9.17) is 29.6 Å². The van der Waals surface area contributed by atoms with E-state index in [-0.39, 0.29) is 22.4 Å². The number of nitrogens with zero attached hydrogens (tertiary/aromatic N) is 3. The standard InChI is InChI=1S/C15H13Cl2N3O/c1-4-6-20-14(10-7-12(16)19-13(17)8-10)18-9(3)11(5-2)15(20)21/h1,7-8H,5-6H2,2-3H3. The van der Waals surface area contributed by atoms with E-state index in [1.54, 1.807) is 19.1 Å². The van der Waals surface area contributed by atoms with Gasteiger partial charge in [0.2, 0.25) is 0 Å². The molecule has 2 aromatic rings. The average molecular weight is 322 g/mol. The second kappa shape index (κ2) is 6.30. The highest BCUT2D eigenvalue weighted by Crippen LogP contribution is 2.23. The molecule has 0 spiro atoms. The zero-order chi connectivity index (χ0) is 15.6. The molecule has 6 heteroatoms. The monoisotopic (exact) mass is 321 g/mol. The molecule has 2 heterocycles. The second-order valence-corrected chi connectivity index (χ2v) is 5.22. The first-order valence-corrected chi connectivity index (χ1v) is 7.10. The average Bonchev–Trinajstić information content (AvgIpc) is 2.41. The van der Waals surface area contributed by atoms with Crippen LogP contribution in [0.4, 0.5) is 0 Å². The molecule has 0 amide bonds. The van der Waals surface area contributed by atoms with Crippen LogP contribution in [0.3, 0.4) is 0 Å². The molecule has 0 N–H and O–H groups in total. The molecule has 0 saturated carbocycles. The van der Waals surface area contributed by atoms with E-state index in [2.05, 4.69) is 15.9 Å². The van der Waals surface area contributed by atoms with Crippen LogP contribution in [0.2, 0.25) is 10.3 Å². The minimum absolute atomic E-state index is 0.131. The smallest absolute Gasteiger partial charge is 0.258 e. The van der Waals surface area contributed by atoms with Crippen LogP contribution in [0.5, 0.6) is 0 Å². The Morgan fingerprint density at radius 2 is 1.90 bits per heavy atom. The van der Waals surface area contributed by atoms with Crippen LogP contribution in [0.25, 0.3) is 11.4 Å². The highest BCUT2D eigenvalue weighted by Gasteiger charge is 2.15. The predicted molar refractivity (Wildman–Crippen MR) is 84.7 cm³/mol. The summed E-state index contributed by atoms with van der Waals surface area (Å²) in [6.45, 7) is 3.84. The summed E-state index contributed by atoms with van der Waals surface area (Å²) in [4.78, 5) is 20.9. The number of aromatic nitrogens is 3. The van der Waals surface area contributed by atoms with Crippen LogP contribution < -0.4 is 5.56 Å². The lowest BCUT2D eigenvalue weighted by molar-refractivity contribution is 0.752. The van der Waals surface area contributed by atoms with E-state index < -0.39 is 0 Å². The fourth-order valence-electron chi connectivity index (χ4n) is 2.16. The van der Waals surface area contributed by atoms with Crippen molar-refractivity contribution in [3.8, 4) is 23.7 Å². The second-order valence-electron chi connectivity index (χ2n) is 4.45. The topological polar surface area (TPSA) is 47.8 Å². The minimum Gasteiger partial charge on any atom is -0.281 e. The first-order valence-electron chi connectivity index (χ1n) is 6.35. The molecule has 0 bridgehead atoms. The van der Waals surface area contributed by atoms with Crippen molar-refractivity contribution in [3.05, 3.63) is 44.1 Å². The van der Waals surface area contributed by atoms with Crippen molar-refractivity contribution >= 4 is 23.2 Å². The van der Waals surface area contributed by atoms with E-state index in [1.165, 1.54) is 4.57 Å². The van der Waals surface area contributed by atoms with Crippen LogP contribution in [0.1, 0.15) is 18.2 Å². The molecule has 2 rings (SSSR count). The van der Waals surface area contributed by atoms with Crippen molar-refractivity contribution in [3.63, 3.8) is 0 Å². The third-order valence-corrected chi connectivity index (χ3v) is 3.48. The van der Waals surface area contributed by atoms with Gasteiger partial charge in [0.05, 0.1) is 6.54 Å². The quantitative estimate of drug-likeness (QED) is 0.644. The summed E-state index contributed by atoms with van der Waals surface area (Å²) in [5.74, 6) is 2.92. The van der Waals surface area contributed by atoms with E-state index in [9.17, 15) is 4.79 Å². The molecule has 0 fully saturated rings. The van der Waals surface area contributed by atoms with E-state index in [0.29, 0.717) is 29.1 Å². The number of halogens is 2. The molecule has 0 aliphatic heterocycles. The number of hydrogen-bond donors (Lipinski definition) is 0. The SMILES string of the molecule is C#CCn1c(-c2cc(Cl)nc(Cl)c2)nc(C)c(CC)c1=O. The Morgan fingerprint density at radius 1 is 1.29 bits per heavy atom. The molecule has 2 aromatic heterocycles. The molecule has 0 atom stereocenters. The summed E-state index contributed by atoms with van der Waals surface area (Å²) in [6, 6.07) is 3.21. The number of pyridine rings is 1. The summed E-state index contributed by atoms with van der Waals surface area (Å²) in [7, 11) is 0. The molecule has 0 aliphatic rings. The summed E-state index contributed by atoms with van der Waals surface area (Å²) in [6.07, 6.45) is 5.96. The number of aryl methyl sites for hydroxylation is 1. The molecule has 0 unspecified atom stereocenters. The Bertz CT molecular complexity index is 770. The summed E-state index contributed by atoms with van der Waals surface area (Å²) in [5, 5.41) is 0.465. The zero-order valence-corrected chi connectivity index (χ0v) is 13.2. The van der Waals surface area contributed by atoms with Gasteiger partial charge in [-0.3, -0.25) is 9.36 Å². The molecule has 0 radical (unpaired) electrons. The highest BCUT2D eigenvalue weighted by molar-refractivity contribution is 6.32. The van der Waals surface area contributed by atoms with Gasteiger partial charge in [-0.1, -0.05) is 36.0 Å². The van der Waals surface area contributed by atoms with Crippen LogP contribution >= 0.6 is 23.2 Å². The Kier molecular flexibility index (Phi) is 4.66. The fourth-order valence-corrected chi connectivity index (χ4v) is 2.62. The van der Waals surface area contributed by atoms with Crippen molar-refractivity contribution in [2.45, 2.75) is 26.8 Å². The summed E-state index contributed by atoms with van der Waals surface area (Å²) < 4.78 is 1.45. The van der Waals surface area contributed by atoms with Gasteiger partial charge in [-0.2, -0.15) is 0 Å². The van der Waals surface area contributed by atoms with Crippen molar-refractivity contribution in [2.75, 3.05) is 0 Å². The third-order valence-electron chi connectivity index (χ3n) is 3.09. The number of hydrogen-bond acceptors (Lipinski definition) is 3. The summed E-state index contributed by atoms with van der Waals surface area (Å²) >= 11 is 11.8. The molecular weight excluding hydrogens is 309 g/mol. The van der Waals surface area contributed by atoms with Gasteiger partial charge in [-0.05, 0) is 25.5 Å². The molecule has 108 valence electrons. The number of rotatable bonds is 3. The van der Waals surface area contributed by atoms with Crippen molar-refractivity contribution in [1.82, 2.24) is 14.5 Å². The Labute approximate surface area is 132 Å². The van der Waals surface area contributed by atoms with E-state index >= 15 is 0 Å². The predicted octanol–water partition coefficient (Wildman–Crippen LogP) is 3.12. The molecular formula is C15H13Cl2N3O. The Morgan fingerprint density at radius 3 is 2.43 bits per heavy atom. The maximum absolute atomic E-state index is 12.5. The maximum atomic E-state index is 12.5. The lowest BCUT2D eigenvalue weighted by Gasteiger charge is -2.13. The molecule has 0 saturated heterocycles. The summed E-state index contributed by atoms with van der Waals surface area (Å²) in [5.41, 5.74) is 1.80. The zero-order valence-electron chi connectivity index (χ0n) is 11.7. The lowest BCUT2D eigenvalue weighted by Crippen LogP contribution is -2.27. The van der Waals surface area contributed by atoms with Gasteiger partial charge in [0.15, 0.2) is 0 Å². The molecule has 21 heavy (non-hydrogen) atoms. The largest absolute Gasteiger partial charge is 0.281 e. The number of terminal acetylenes is 1. The van der Waals surface area contributed by atoms with Gasteiger partial charge >= 0.3 is 0 Å². The minimum atomic E-state index is -0.137. The van der Waals surface area contributed by atoms with Gasteiger partial charge in [-0.15, -0.1) is 6.42 Å². The third kappa shape index (κ3) is 3.10. The van der Waals surface area contributed by atoms with Crippen LogP contribution in [-0.4, -0.2) is 14.5 Å². The first-order chi connectivity index (χ1) is 9.97. The Balaban J connectivity index is 2.79. The Hall–Kier alpha value is -1.83. The molecule has 4 nitrogen and oxygen atoms in total. The maximum Gasteiger partial charge on any atom is 0.258 e. The lowest BCUT2D eigenvalue weighted by atomic mass is 10.1. The van der Waals surface area contributed by atoms with Gasteiger partial charge < -0.3 is 0 Å². The fraction of sp³-hybridized carbons (Fsp3) is 0.267. The highest BCUT2D eigenvalue weighted by atomic mass is 35.5. The van der Waals surface area contributed by atoms with Gasteiger partial charge in [0.1, 0.15) is 16.1 Å². The molecule has 0 aliphatic carbocycles. The molecule has 0 aromatic carbocycles. The van der Waals surface area contributed by atoms with E-state index in [1.807, 2.05) is 6.92 Å². The van der Waals surface area contributed by atoms with Gasteiger partial charge in [-0.25, -0.2) is 9.97 Å². The van der Waals surface area contributed by atoms with Crippen molar-refractivity contribution in [1.29, 1.82) is 0 Å². The van der Waals surface area contributed by atoms with Gasteiger partial charge in [0.25, 0.3) is 5.56 Å². The first kappa shape index (κ1) is 15.6. The normalized spacial score (nSPS) is 10.4. The van der Waals surface area contributed by atoms with Crippen LogP contribution in [-0.2, 0) is 13.0 Å². The van der Waals surface area contributed by atoms with Crippen LogP contribution in [0.15, 0.2) is 16.9 Å². The van der Waals surface area contributed by atoms with Gasteiger partial charge in [0, 0.05) is 16.8 Å². The van der Waals surface area contributed by atoms with E-state index in [0.717, 1.165) is 0 Å². The van der Waals surface area contributed by atoms with Crippen LogP contribution in [0, 0.1) is 19.3 Å². The van der Waals surface area contributed by atoms with Crippen molar-refractivity contribution < 1.29 is 0 Å². The van der Waals surface area contributed by atoms with Crippen molar-refractivity contribution in [2.24, 2.45) is 0 Å².